The van der Waals surface area contributed by atoms with Crippen LogP contribution in [0.5, 0.6) is 0 Å². The zero-order chi connectivity index (χ0) is 17.1. The fraction of sp³-hybridized carbons (Fsp3) is 0.556. The highest BCUT2D eigenvalue weighted by Crippen LogP contribution is 2.31. The third-order valence-corrected chi connectivity index (χ3v) is 5.13. The van der Waals surface area contributed by atoms with Gasteiger partial charge in [0.25, 0.3) is 0 Å². The number of benzene rings is 1. The minimum atomic E-state index is -0.566. The minimum Gasteiger partial charge on any atom is -0.370 e. The Morgan fingerprint density at radius 2 is 1.92 bits per heavy atom. The maximum atomic E-state index is 12.5. The summed E-state index contributed by atoms with van der Waals surface area (Å²) in [7, 11) is 0. The molecule has 3 rings (SSSR count). The Labute approximate surface area is 147 Å². The van der Waals surface area contributed by atoms with Gasteiger partial charge >= 0.3 is 0 Å². The van der Waals surface area contributed by atoms with Gasteiger partial charge in [-0.3, -0.25) is 9.59 Å². The van der Waals surface area contributed by atoms with Crippen molar-refractivity contribution in [1.82, 2.24) is 5.32 Å². The number of anilines is 2. The van der Waals surface area contributed by atoms with Gasteiger partial charge in [-0.1, -0.05) is 18.0 Å². The maximum Gasteiger partial charge on any atom is 0.246 e. The molecular formula is C18H24ClN3O2. The van der Waals surface area contributed by atoms with E-state index in [0.29, 0.717) is 10.7 Å². The fourth-order valence-corrected chi connectivity index (χ4v) is 3.32. The second-order valence-electron chi connectivity index (χ2n) is 6.70. The number of rotatable bonds is 5. The Hall–Kier alpha value is -1.75. The van der Waals surface area contributed by atoms with E-state index in [9.17, 15) is 9.59 Å². The number of nitrogens with one attached hydrogen (secondary N) is 2. The van der Waals surface area contributed by atoms with Crippen molar-refractivity contribution >= 4 is 34.8 Å². The van der Waals surface area contributed by atoms with Crippen molar-refractivity contribution in [2.45, 2.75) is 45.1 Å². The first kappa shape index (κ1) is 17.1. The molecule has 2 fully saturated rings. The summed E-state index contributed by atoms with van der Waals surface area (Å²) < 4.78 is 0. The fourth-order valence-electron chi connectivity index (χ4n) is 3.15. The zero-order valence-electron chi connectivity index (χ0n) is 14.0. The summed E-state index contributed by atoms with van der Waals surface area (Å²) in [6, 6.07) is 4.99. The average Bonchev–Trinajstić information content (AvgIpc) is 2.99. The number of carbonyl (C=O) groups is 2. The summed E-state index contributed by atoms with van der Waals surface area (Å²) in [5.74, 6) is -0.160. The van der Waals surface area contributed by atoms with Crippen molar-refractivity contribution in [3.63, 3.8) is 0 Å². The van der Waals surface area contributed by atoms with Crippen LogP contribution < -0.4 is 15.5 Å². The van der Waals surface area contributed by atoms with Gasteiger partial charge in [0.2, 0.25) is 11.8 Å². The lowest BCUT2D eigenvalue weighted by Crippen LogP contribution is -2.45. The summed E-state index contributed by atoms with van der Waals surface area (Å²) in [5.41, 5.74) is 1.70. The predicted molar refractivity (Wildman–Crippen MR) is 96.5 cm³/mol. The van der Waals surface area contributed by atoms with E-state index in [2.05, 4.69) is 15.5 Å². The molecule has 0 bridgehead atoms. The molecule has 1 aromatic carbocycles. The first-order valence-electron chi connectivity index (χ1n) is 8.70. The van der Waals surface area contributed by atoms with Crippen LogP contribution in [0.25, 0.3) is 0 Å². The van der Waals surface area contributed by atoms with Crippen LogP contribution >= 0.6 is 11.6 Å². The SMILES string of the molecule is C[C@@H](NC(=O)C1CCC1)C(=O)Nc1cc(Cl)ccc1N1CCCC1. The van der Waals surface area contributed by atoms with Crippen molar-refractivity contribution in [2.24, 2.45) is 5.92 Å². The molecule has 0 spiro atoms. The number of halogens is 1. The van der Waals surface area contributed by atoms with Crippen molar-refractivity contribution in [1.29, 1.82) is 0 Å². The summed E-state index contributed by atoms with van der Waals surface area (Å²) in [6.45, 7) is 3.68. The highest BCUT2D eigenvalue weighted by molar-refractivity contribution is 6.31. The van der Waals surface area contributed by atoms with Gasteiger partial charge in [0.15, 0.2) is 0 Å². The second-order valence-corrected chi connectivity index (χ2v) is 7.14. The first-order valence-corrected chi connectivity index (χ1v) is 9.08. The molecule has 2 N–H and O–H groups in total. The number of carbonyl (C=O) groups excluding carboxylic acids is 2. The molecule has 2 aliphatic rings. The number of hydrogen-bond donors (Lipinski definition) is 2. The van der Waals surface area contributed by atoms with Crippen molar-refractivity contribution in [3.8, 4) is 0 Å². The highest BCUT2D eigenvalue weighted by Gasteiger charge is 2.28. The van der Waals surface area contributed by atoms with E-state index < -0.39 is 6.04 Å². The van der Waals surface area contributed by atoms with E-state index in [1.165, 1.54) is 0 Å². The van der Waals surface area contributed by atoms with E-state index in [1.54, 1.807) is 13.0 Å². The van der Waals surface area contributed by atoms with Crippen molar-refractivity contribution < 1.29 is 9.59 Å². The molecule has 1 aromatic rings. The summed E-state index contributed by atoms with van der Waals surface area (Å²) in [4.78, 5) is 26.7. The molecule has 6 heteroatoms. The molecule has 130 valence electrons. The van der Waals surface area contributed by atoms with E-state index in [0.717, 1.165) is 50.9 Å². The van der Waals surface area contributed by atoms with Crippen LogP contribution in [-0.2, 0) is 9.59 Å². The van der Waals surface area contributed by atoms with Crippen LogP contribution in [0.1, 0.15) is 39.0 Å². The van der Waals surface area contributed by atoms with Crippen LogP contribution in [0.3, 0.4) is 0 Å². The Morgan fingerprint density at radius 3 is 2.54 bits per heavy atom. The lowest BCUT2D eigenvalue weighted by atomic mass is 9.84. The third kappa shape index (κ3) is 3.83. The normalized spacial score (nSPS) is 18.8. The van der Waals surface area contributed by atoms with E-state index >= 15 is 0 Å². The Morgan fingerprint density at radius 1 is 1.21 bits per heavy atom. The van der Waals surface area contributed by atoms with Gasteiger partial charge in [-0.05, 0) is 50.8 Å². The molecule has 0 aromatic heterocycles. The zero-order valence-corrected chi connectivity index (χ0v) is 14.7. The van der Waals surface area contributed by atoms with Crippen LogP contribution in [0, 0.1) is 5.92 Å². The summed E-state index contributed by atoms with van der Waals surface area (Å²) >= 11 is 6.10. The molecule has 0 unspecified atom stereocenters. The molecule has 24 heavy (non-hydrogen) atoms. The molecule has 1 saturated carbocycles. The van der Waals surface area contributed by atoms with Gasteiger partial charge in [-0.15, -0.1) is 0 Å². The average molecular weight is 350 g/mol. The second kappa shape index (κ2) is 7.43. The Bertz CT molecular complexity index is 625. The van der Waals surface area contributed by atoms with Crippen molar-refractivity contribution in [2.75, 3.05) is 23.3 Å². The summed E-state index contributed by atoms with van der Waals surface area (Å²) in [5, 5.41) is 6.32. The van der Waals surface area contributed by atoms with Crippen molar-refractivity contribution in [3.05, 3.63) is 23.2 Å². The molecule has 5 nitrogen and oxygen atoms in total. The molecular weight excluding hydrogens is 326 g/mol. The molecule has 1 saturated heterocycles. The smallest absolute Gasteiger partial charge is 0.246 e. The van der Waals surface area contributed by atoms with Crippen LogP contribution in [0.2, 0.25) is 5.02 Å². The third-order valence-electron chi connectivity index (χ3n) is 4.89. The van der Waals surface area contributed by atoms with Crippen LogP contribution in [0.15, 0.2) is 18.2 Å². The lowest BCUT2D eigenvalue weighted by molar-refractivity contribution is -0.130. The Balaban J connectivity index is 1.66. The number of hydrogen-bond acceptors (Lipinski definition) is 3. The Kier molecular flexibility index (Phi) is 5.29. The molecule has 0 radical (unpaired) electrons. The van der Waals surface area contributed by atoms with Gasteiger partial charge in [0.05, 0.1) is 11.4 Å². The molecule has 1 aliphatic carbocycles. The highest BCUT2D eigenvalue weighted by atomic mass is 35.5. The largest absolute Gasteiger partial charge is 0.370 e. The monoisotopic (exact) mass is 349 g/mol. The van der Waals surface area contributed by atoms with Gasteiger partial charge in [-0.25, -0.2) is 0 Å². The molecule has 2 amide bonds. The maximum absolute atomic E-state index is 12.5. The number of nitrogens with zero attached hydrogens (tertiary/aromatic N) is 1. The van der Waals surface area contributed by atoms with Gasteiger partial charge in [0, 0.05) is 24.0 Å². The standard InChI is InChI=1S/C18H24ClN3O2/c1-12(20-18(24)13-5-4-6-13)17(23)21-15-11-14(19)7-8-16(15)22-9-2-3-10-22/h7-8,11-13H,2-6,9-10H2,1H3,(H,20,24)(H,21,23)/t12-/m1/s1. The van der Waals surface area contributed by atoms with E-state index in [4.69, 9.17) is 11.6 Å². The van der Waals surface area contributed by atoms with Gasteiger partial charge < -0.3 is 15.5 Å². The summed E-state index contributed by atoms with van der Waals surface area (Å²) in [6.07, 6.45) is 5.26. The first-order chi connectivity index (χ1) is 11.5. The predicted octanol–water partition coefficient (Wildman–Crippen LogP) is 3.18. The van der Waals surface area contributed by atoms with Gasteiger partial charge in [0.1, 0.15) is 6.04 Å². The van der Waals surface area contributed by atoms with E-state index in [1.807, 2.05) is 12.1 Å². The van der Waals surface area contributed by atoms with Crippen LogP contribution in [-0.4, -0.2) is 30.9 Å². The topological polar surface area (TPSA) is 61.4 Å². The minimum absolute atomic E-state index is 0.0187. The lowest BCUT2D eigenvalue weighted by Gasteiger charge is -2.26. The molecule has 1 heterocycles. The quantitative estimate of drug-likeness (QED) is 0.858. The molecule has 1 atom stereocenters. The number of amides is 2. The molecule has 1 aliphatic heterocycles. The van der Waals surface area contributed by atoms with E-state index in [-0.39, 0.29) is 17.7 Å². The van der Waals surface area contributed by atoms with Gasteiger partial charge in [-0.2, -0.15) is 0 Å². The van der Waals surface area contributed by atoms with Crippen LogP contribution in [0.4, 0.5) is 11.4 Å².